The maximum absolute atomic E-state index is 13.7. The molecule has 1 amide bonds. The van der Waals surface area contributed by atoms with E-state index in [-0.39, 0.29) is 18.3 Å². The van der Waals surface area contributed by atoms with Crippen LogP contribution in [0.2, 0.25) is 5.02 Å². The molecule has 3 rings (SSSR count). The van der Waals surface area contributed by atoms with E-state index < -0.39 is 5.41 Å². The standard InChI is InChI=1S/C18H17ClFNO/c1-21(12-13-5-2-3-8-16(13)20)17(22)18(9-10-18)14-6-4-7-15(19)11-14/h2-8,11H,9-10,12H2,1H3. The second kappa shape index (κ2) is 5.73. The van der Waals surface area contributed by atoms with E-state index in [4.69, 9.17) is 11.6 Å². The zero-order valence-electron chi connectivity index (χ0n) is 12.4. The van der Waals surface area contributed by atoms with Crippen molar-refractivity contribution in [3.05, 3.63) is 70.5 Å². The van der Waals surface area contributed by atoms with Gasteiger partial charge in [-0.25, -0.2) is 4.39 Å². The lowest BCUT2D eigenvalue weighted by molar-refractivity contribution is -0.133. The van der Waals surface area contributed by atoms with Gasteiger partial charge in [0, 0.05) is 24.2 Å². The fourth-order valence-corrected chi connectivity index (χ4v) is 3.05. The van der Waals surface area contributed by atoms with Crippen molar-refractivity contribution in [2.24, 2.45) is 0 Å². The number of hydrogen-bond acceptors (Lipinski definition) is 1. The number of benzene rings is 2. The Balaban J connectivity index is 1.80. The molecule has 22 heavy (non-hydrogen) atoms. The van der Waals surface area contributed by atoms with E-state index in [0.29, 0.717) is 10.6 Å². The van der Waals surface area contributed by atoms with E-state index in [2.05, 4.69) is 0 Å². The van der Waals surface area contributed by atoms with Crippen LogP contribution in [0.5, 0.6) is 0 Å². The van der Waals surface area contributed by atoms with Crippen LogP contribution in [0.1, 0.15) is 24.0 Å². The molecule has 0 aliphatic heterocycles. The maximum atomic E-state index is 13.7. The van der Waals surface area contributed by atoms with Gasteiger partial charge in [-0.15, -0.1) is 0 Å². The fraction of sp³-hybridized carbons (Fsp3) is 0.278. The largest absolute Gasteiger partial charge is 0.341 e. The number of rotatable bonds is 4. The molecule has 0 saturated heterocycles. The lowest BCUT2D eigenvalue weighted by atomic mass is 9.94. The number of amides is 1. The van der Waals surface area contributed by atoms with E-state index in [1.54, 1.807) is 36.2 Å². The first kappa shape index (κ1) is 15.0. The molecule has 4 heteroatoms. The minimum Gasteiger partial charge on any atom is -0.341 e. The molecule has 0 heterocycles. The fourth-order valence-electron chi connectivity index (χ4n) is 2.86. The van der Waals surface area contributed by atoms with E-state index in [1.807, 2.05) is 18.2 Å². The van der Waals surface area contributed by atoms with Crippen molar-refractivity contribution >= 4 is 17.5 Å². The van der Waals surface area contributed by atoms with Gasteiger partial charge in [0.2, 0.25) is 5.91 Å². The zero-order valence-corrected chi connectivity index (χ0v) is 13.1. The van der Waals surface area contributed by atoms with Crippen LogP contribution in [0, 0.1) is 5.82 Å². The second-order valence-electron chi connectivity index (χ2n) is 5.85. The Morgan fingerprint density at radius 2 is 1.95 bits per heavy atom. The molecule has 0 spiro atoms. The van der Waals surface area contributed by atoms with E-state index in [1.165, 1.54) is 6.07 Å². The van der Waals surface area contributed by atoms with E-state index >= 15 is 0 Å². The van der Waals surface area contributed by atoms with Crippen LogP contribution in [0.25, 0.3) is 0 Å². The van der Waals surface area contributed by atoms with Crippen LogP contribution in [0.3, 0.4) is 0 Å². The monoisotopic (exact) mass is 317 g/mol. The summed E-state index contributed by atoms with van der Waals surface area (Å²) in [5.74, 6) is -0.257. The Kier molecular flexibility index (Phi) is 3.92. The number of halogens is 2. The number of hydrogen-bond donors (Lipinski definition) is 0. The van der Waals surface area contributed by atoms with Crippen molar-refractivity contribution in [1.82, 2.24) is 4.90 Å². The summed E-state index contributed by atoms with van der Waals surface area (Å²) in [5.41, 5.74) is 0.996. The molecule has 1 aliphatic carbocycles. The molecular formula is C18H17ClFNO. The molecule has 114 valence electrons. The highest BCUT2D eigenvalue weighted by molar-refractivity contribution is 6.30. The third-order valence-electron chi connectivity index (χ3n) is 4.25. The van der Waals surface area contributed by atoms with Gasteiger partial charge < -0.3 is 4.90 Å². The van der Waals surface area contributed by atoms with Crippen LogP contribution in [0.4, 0.5) is 4.39 Å². The highest BCUT2D eigenvalue weighted by Crippen LogP contribution is 2.50. The molecule has 0 aromatic heterocycles. The lowest BCUT2D eigenvalue weighted by Crippen LogP contribution is -2.36. The molecule has 0 atom stereocenters. The van der Waals surface area contributed by atoms with E-state index in [9.17, 15) is 9.18 Å². The Morgan fingerprint density at radius 3 is 2.59 bits per heavy atom. The minimum atomic E-state index is -0.481. The third kappa shape index (κ3) is 2.73. The molecule has 0 bridgehead atoms. The minimum absolute atomic E-state index is 0.0259. The van der Waals surface area contributed by atoms with Crippen LogP contribution >= 0.6 is 11.6 Å². The van der Waals surface area contributed by atoms with Gasteiger partial charge in [-0.3, -0.25) is 4.79 Å². The van der Waals surface area contributed by atoms with Crippen LogP contribution < -0.4 is 0 Å². The molecule has 1 aliphatic rings. The summed E-state index contributed by atoms with van der Waals surface area (Å²) in [6.45, 7) is 0.272. The average Bonchev–Trinajstić information content (AvgIpc) is 3.30. The SMILES string of the molecule is CN(Cc1ccccc1F)C(=O)C1(c2cccc(Cl)c2)CC1. The predicted octanol–water partition coefficient (Wildman–Crippen LogP) is 4.17. The summed E-state index contributed by atoms with van der Waals surface area (Å²) in [4.78, 5) is 14.4. The molecule has 2 aromatic carbocycles. The molecule has 1 fully saturated rings. The summed E-state index contributed by atoms with van der Waals surface area (Å²) >= 11 is 6.04. The Bertz CT molecular complexity index is 712. The molecule has 2 aromatic rings. The van der Waals surface area contributed by atoms with Crippen molar-refractivity contribution in [3.63, 3.8) is 0 Å². The molecule has 0 unspecified atom stereocenters. The molecule has 2 nitrogen and oxygen atoms in total. The second-order valence-corrected chi connectivity index (χ2v) is 6.28. The van der Waals surface area contributed by atoms with Crippen molar-refractivity contribution in [1.29, 1.82) is 0 Å². The van der Waals surface area contributed by atoms with Gasteiger partial charge in [0.1, 0.15) is 5.82 Å². The zero-order chi connectivity index (χ0) is 15.7. The number of likely N-dealkylation sites (N-methyl/N-ethyl adjacent to an activating group) is 1. The van der Waals surface area contributed by atoms with Gasteiger partial charge >= 0.3 is 0 Å². The summed E-state index contributed by atoms with van der Waals surface area (Å²) in [7, 11) is 1.72. The first-order valence-electron chi connectivity index (χ1n) is 7.28. The van der Waals surface area contributed by atoms with Crippen molar-refractivity contribution < 1.29 is 9.18 Å². The van der Waals surface area contributed by atoms with Crippen molar-refractivity contribution in [2.75, 3.05) is 7.05 Å². The quantitative estimate of drug-likeness (QED) is 0.829. The van der Waals surface area contributed by atoms with Crippen LogP contribution in [-0.4, -0.2) is 17.9 Å². The number of nitrogens with zero attached hydrogens (tertiary/aromatic N) is 1. The van der Waals surface area contributed by atoms with Crippen LogP contribution in [-0.2, 0) is 16.8 Å². The van der Waals surface area contributed by atoms with E-state index in [0.717, 1.165) is 18.4 Å². The summed E-state index contributed by atoms with van der Waals surface area (Å²) in [5, 5.41) is 0.633. The summed E-state index contributed by atoms with van der Waals surface area (Å²) in [6.07, 6.45) is 1.63. The van der Waals surface area contributed by atoms with Gasteiger partial charge in [0.15, 0.2) is 0 Å². The molecule has 0 radical (unpaired) electrons. The van der Waals surface area contributed by atoms with Gasteiger partial charge in [0.05, 0.1) is 5.41 Å². The van der Waals surface area contributed by atoms with Gasteiger partial charge in [-0.05, 0) is 36.6 Å². The first-order valence-corrected chi connectivity index (χ1v) is 7.66. The van der Waals surface area contributed by atoms with Crippen LogP contribution in [0.15, 0.2) is 48.5 Å². The average molecular weight is 318 g/mol. The summed E-state index contributed by atoms with van der Waals surface area (Å²) < 4.78 is 13.7. The summed E-state index contributed by atoms with van der Waals surface area (Å²) in [6, 6.07) is 14.0. The highest BCUT2D eigenvalue weighted by Gasteiger charge is 2.52. The molecular weight excluding hydrogens is 301 g/mol. The van der Waals surface area contributed by atoms with Crippen molar-refractivity contribution in [2.45, 2.75) is 24.8 Å². The lowest BCUT2D eigenvalue weighted by Gasteiger charge is -2.24. The normalized spacial score (nSPS) is 15.4. The topological polar surface area (TPSA) is 20.3 Å². The Morgan fingerprint density at radius 1 is 1.23 bits per heavy atom. The molecule has 1 saturated carbocycles. The highest BCUT2D eigenvalue weighted by atomic mass is 35.5. The van der Waals surface area contributed by atoms with Gasteiger partial charge in [0.25, 0.3) is 0 Å². The Hall–Kier alpha value is -1.87. The van der Waals surface area contributed by atoms with Crippen molar-refractivity contribution in [3.8, 4) is 0 Å². The first-order chi connectivity index (χ1) is 10.5. The predicted molar refractivity (Wildman–Crippen MR) is 85.2 cm³/mol. The number of carbonyl (C=O) groups excluding carboxylic acids is 1. The third-order valence-corrected chi connectivity index (χ3v) is 4.48. The smallest absolute Gasteiger partial charge is 0.233 e. The maximum Gasteiger partial charge on any atom is 0.233 e. The van der Waals surface area contributed by atoms with Gasteiger partial charge in [-0.1, -0.05) is 41.9 Å². The molecule has 0 N–H and O–H groups in total. The van der Waals surface area contributed by atoms with Gasteiger partial charge in [-0.2, -0.15) is 0 Å². The Labute approximate surface area is 134 Å². The number of carbonyl (C=O) groups is 1.